The molecule has 0 aliphatic heterocycles. The third-order valence-corrected chi connectivity index (χ3v) is 5.82. The lowest BCUT2D eigenvalue weighted by molar-refractivity contribution is 0.0699. The zero-order valence-corrected chi connectivity index (χ0v) is 16.9. The highest BCUT2D eigenvalue weighted by Gasteiger charge is 2.25. The summed E-state index contributed by atoms with van der Waals surface area (Å²) in [6.45, 7) is 1.40. The highest BCUT2D eigenvalue weighted by molar-refractivity contribution is 7.15. The topological polar surface area (TPSA) is 86.6 Å². The van der Waals surface area contributed by atoms with Crippen LogP contribution in [0, 0.1) is 18.6 Å². The molecule has 0 unspecified atom stereocenters. The summed E-state index contributed by atoms with van der Waals surface area (Å²) < 4.78 is 28.5. The summed E-state index contributed by atoms with van der Waals surface area (Å²) in [7, 11) is 0. The monoisotopic (exact) mass is 439 g/mol. The van der Waals surface area contributed by atoms with Crippen molar-refractivity contribution in [2.75, 3.05) is 5.32 Å². The summed E-state index contributed by atoms with van der Waals surface area (Å²) in [5.41, 5.74) is -0.345. The Balaban J connectivity index is 1.79. The molecule has 0 bridgehead atoms. The van der Waals surface area contributed by atoms with Crippen LogP contribution in [0.4, 0.5) is 13.8 Å². The number of amides is 1. The minimum atomic E-state index is -1.40. The maximum absolute atomic E-state index is 14.5. The second kappa shape index (κ2) is 7.81. The number of hydrogen-bond donors (Lipinski definition) is 3. The normalized spacial score (nSPS) is 10.9. The molecule has 3 N–H and O–H groups in total. The second-order valence-corrected chi connectivity index (χ2v) is 7.73. The summed E-state index contributed by atoms with van der Waals surface area (Å²) in [5.74, 6) is -4.34. The number of hydrogen-bond acceptors (Lipinski definition) is 4. The van der Waals surface area contributed by atoms with Gasteiger partial charge in [-0.25, -0.2) is 13.6 Å². The van der Waals surface area contributed by atoms with Crippen molar-refractivity contribution in [2.45, 2.75) is 6.92 Å². The molecule has 1 heterocycles. The van der Waals surface area contributed by atoms with Crippen LogP contribution in [0.2, 0.25) is 0 Å². The summed E-state index contributed by atoms with van der Waals surface area (Å²) in [4.78, 5) is 24.8. The fourth-order valence-electron chi connectivity index (χ4n) is 3.40. The highest BCUT2D eigenvalue weighted by atomic mass is 32.1. The molecule has 0 radical (unpaired) electrons. The molecule has 0 fully saturated rings. The molecule has 0 saturated heterocycles. The molecule has 31 heavy (non-hydrogen) atoms. The van der Waals surface area contributed by atoms with Crippen molar-refractivity contribution in [3.63, 3.8) is 0 Å². The molecule has 0 atom stereocenters. The van der Waals surface area contributed by atoms with Gasteiger partial charge < -0.3 is 15.5 Å². The SMILES string of the molecule is Cc1ccc(-c2csc(NC(=O)c3cccc4cccc(O)c34)c2C(=O)O)c(F)c1F. The van der Waals surface area contributed by atoms with Crippen LogP contribution < -0.4 is 5.32 Å². The minimum absolute atomic E-state index is 0.0275. The first-order chi connectivity index (χ1) is 14.8. The first-order valence-electron chi connectivity index (χ1n) is 9.11. The first kappa shape index (κ1) is 20.5. The van der Waals surface area contributed by atoms with Crippen LogP contribution in [0.25, 0.3) is 21.9 Å². The summed E-state index contributed by atoms with van der Waals surface area (Å²) >= 11 is 0.886. The quantitative estimate of drug-likeness (QED) is 0.374. The molecular formula is C23H15F2NO4S. The van der Waals surface area contributed by atoms with Gasteiger partial charge in [0, 0.05) is 21.9 Å². The van der Waals surface area contributed by atoms with Gasteiger partial charge in [-0.3, -0.25) is 4.79 Å². The molecule has 1 aromatic heterocycles. The number of aromatic hydroxyl groups is 1. The number of aromatic carboxylic acids is 1. The summed E-state index contributed by atoms with van der Waals surface area (Å²) in [6.07, 6.45) is 0. The number of benzene rings is 3. The third kappa shape index (κ3) is 3.51. The van der Waals surface area contributed by atoms with Crippen molar-refractivity contribution < 1.29 is 28.6 Å². The number of carboxylic acid groups (broad SMARTS) is 1. The molecule has 3 aromatic carbocycles. The molecule has 156 valence electrons. The molecule has 1 amide bonds. The lowest BCUT2D eigenvalue weighted by Gasteiger charge is -2.10. The fourth-order valence-corrected chi connectivity index (χ4v) is 4.34. The second-order valence-electron chi connectivity index (χ2n) is 6.85. The van der Waals surface area contributed by atoms with E-state index in [4.69, 9.17) is 0 Å². The molecule has 4 rings (SSSR count). The molecule has 0 spiro atoms. The lowest BCUT2D eigenvalue weighted by Crippen LogP contribution is -2.14. The van der Waals surface area contributed by atoms with E-state index in [0.717, 1.165) is 11.3 Å². The number of nitrogens with one attached hydrogen (secondary N) is 1. The minimum Gasteiger partial charge on any atom is -0.507 e. The maximum atomic E-state index is 14.5. The van der Waals surface area contributed by atoms with Gasteiger partial charge in [0.25, 0.3) is 5.91 Å². The number of anilines is 1. The zero-order valence-electron chi connectivity index (χ0n) is 16.1. The molecule has 0 saturated carbocycles. The number of halogens is 2. The Morgan fingerprint density at radius 2 is 1.68 bits per heavy atom. The van der Waals surface area contributed by atoms with Gasteiger partial charge in [-0.2, -0.15) is 0 Å². The van der Waals surface area contributed by atoms with Gasteiger partial charge >= 0.3 is 5.97 Å². The highest BCUT2D eigenvalue weighted by Crippen LogP contribution is 2.38. The first-order valence-corrected chi connectivity index (χ1v) is 9.99. The van der Waals surface area contributed by atoms with Crippen LogP contribution in [-0.4, -0.2) is 22.1 Å². The number of rotatable bonds is 4. The van der Waals surface area contributed by atoms with Gasteiger partial charge in [-0.1, -0.05) is 36.4 Å². The van der Waals surface area contributed by atoms with E-state index in [0.29, 0.717) is 10.8 Å². The van der Waals surface area contributed by atoms with Gasteiger partial charge in [0.1, 0.15) is 16.3 Å². The maximum Gasteiger partial charge on any atom is 0.339 e. The number of aryl methyl sites for hydroxylation is 1. The zero-order chi connectivity index (χ0) is 22.3. The average molecular weight is 439 g/mol. The molecule has 8 heteroatoms. The number of thiophene rings is 1. The van der Waals surface area contributed by atoms with E-state index in [2.05, 4.69) is 5.32 Å². The van der Waals surface area contributed by atoms with Crippen molar-refractivity contribution in [2.24, 2.45) is 0 Å². The van der Waals surface area contributed by atoms with Crippen LogP contribution in [0.1, 0.15) is 26.3 Å². The van der Waals surface area contributed by atoms with Crippen LogP contribution in [0.5, 0.6) is 5.75 Å². The third-order valence-electron chi connectivity index (χ3n) is 4.92. The van der Waals surface area contributed by atoms with Crippen molar-refractivity contribution in [1.29, 1.82) is 0 Å². The van der Waals surface area contributed by atoms with E-state index in [1.807, 2.05) is 0 Å². The standard InChI is InChI=1S/C23H15F2NO4S/c1-11-8-9-13(20(25)19(11)24)15-10-31-22(18(15)23(29)30)26-21(28)14-6-2-4-12-5-3-7-16(27)17(12)14/h2-10,27H,1H3,(H,26,28)(H,29,30). The predicted molar refractivity (Wildman–Crippen MR) is 115 cm³/mol. The Hall–Kier alpha value is -3.78. The molecule has 0 aliphatic rings. The Kier molecular flexibility index (Phi) is 5.16. The van der Waals surface area contributed by atoms with Crippen molar-refractivity contribution in [3.8, 4) is 16.9 Å². The summed E-state index contributed by atoms with van der Waals surface area (Å²) in [6, 6.07) is 12.3. The van der Waals surface area contributed by atoms with E-state index < -0.39 is 23.5 Å². The number of carbonyl (C=O) groups is 2. The lowest BCUT2D eigenvalue weighted by atomic mass is 10.0. The number of carbonyl (C=O) groups excluding carboxylic acids is 1. The van der Waals surface area contributed by atoms with Crippen LogP contribution in [-0.2, 0) is 0 Å². The van der Waals surface area contributed by atoms with E-state index in [9.17, 15) is 28.6 Å². The van der Waals surface area contributed by atoms with Gasteiger partial charge in [0.05, 0.1) is 5.56 Å². The van der Waals surface area contributed by atoms with Crippen molar-refractivity contribution in [3.05, 3.63) is 82.2 Å². The number of carboxylic acids is 1. The molecule has 0 aliphatic carbocycles. The van der Waals surface area contributed by atoms with Crippen LogP contribution >= 0.6 is 11.3 Å². The molecular weight excluding hydrogens is 424 g/mol. The van der Waals surface area contributed by atoms with Gasteiger partial charge in [0.2, 0.25) is 0 Å². The Morgan fingerprint density at radius 1 is 0.968 bits per heavy atom. The Morgan fingerprint density at radius 3 is 2.39 bits per heavy atom. The van der Waals surface area contributed by atoms with E-state index in [-0.39, 0.29) is 38.6 Å². The Labute approximate surface area is 179 Å². The van der Waals surface area contributed by atoms with Crippen molar-refractivity contribution in [1.82, 2.24) is 0 Å². The molecule has 4 aromatic rings. The van der Waals surface area contributed by atoms with Gasteiger partial charge in [-0.15, -0.1) is 11.3 Å². The summed E-state index contributed by atoms with van der Waals surface area (Å²) in [5, 5.41) is 24.7. The largest absolute Gasteiger partial charge is 0.507 e. The molecule has 5 nitrogen and oxygen atoms in total. The number of fused-ring (bicyclic) bond motifs is 1. The predicted octanol–water partition coefficient (Wildman–Crippen LogP) is 5.81. The van der Waals surface area contributed by atoms with Crippen molar-refractivity contribution >= 4 is 39.0 Å². The Bertz CT molecular complexity index is 1360. The smallest absolute Gasteiger partial charge is 0.339 e. The van der Waals surface area contributed by atoms with E-state index >= 15 is 0 Å². The van der Waals surface area contributed by atoms with Gasteiger partial charge in [-0.05, 0) is 30.0 Å². The number of phenols is 1. The average Bonchev–Trinajstić information content (AvgIpc) is 3.15. The number of phenolic OH excluding ortho intramolecular Hbond substituents is 1. The van der Waals surface area contributed by atoms with E-state index in [1.165, 1.54) is 36.6 Å². The van der Waals surface area contributed by atoms with Crippen LogP contribution in [0.15, 0.2) is 53.9 Å². The van der Waals surface area contributed by atoms with E-state index in [1.54, 1.807) is 24.3 Å². The van der Waals surface area contributed by atoms with Gasteiger partial charge in [0.15, 0.2) is 11.6 Å². The fraction of sp³-hybridized carbons (Fsp3) is 0.0435. The van der Waals surface area contributed by atoms with Crippen LogP contribution in [0.3, 0.4) is 0 Å².